The first-order valence-electron chi connectivity index (χ1n) is 11.1. The van der Waals surface area contributed by atoms with Crippen molar-refractivity contribution in [2.24, 2.45) is 0 Å². The molecule has 1 aliphatic heterocycles. The van der Waals surface area contributed by atoms with E-state index in [0.717, 1.165) is 18.2 Å². The van der Waals surface area contributed by atoms with E-state index in [4.69, 9.17) is 23.4 Å². The van der Waals surface area contributed by atoms with E-state index in [1.165, 1.54) is 26.4 Å². The van der Waals surface area contributed by atoms with Crippen LogP contribution in [0.2, 0.25) is 0 Å². The molecule has 0 spiro atoms. The molecule has 1 saturated heterocycles. The molecule has 0 amide bonds. The number of aliphatic hydroxyl groups excluding tert-OH is 3. The van der Waals surface area contributed by atoms with Gasteiger partial charge in [-0.25, -0.2) is 8.42 Å². The van der Waals surface area contributed by atoms with Gasteiger partial charge in [0.05, 0.1) is 20.8 Å². The van der Waals surface area contributed by atoms with E-state index < -0.39 is 58.9 Å². The summed E-state index contributed by atoms with van der Waals surface area (Å²) in [4.78, 5) is 12.8. The molecule has 1 aromatic heterocycles. The maximum absolute atomic E-state index is 12.8. The minimum absolute atomic E-state index is 0. The second-order valence-corrected chi connectivity index (χ2v) is 9.32. The van der Waals surface area contributed by atoms with Gasteiger partial charge in [0.15, 0.2) is 23.0 Å². The topological polar surface area (TPSA) is 235 Å². The minimum Gasteiger partial charge on any atom is -0.726 e. The zero-order valence-corrected chi connectivity index (χ0v) is 24.0. The fourth-order valence-electron chi connectivity index (χ4n) is 4.01. The number of methoxy groups -OCH3 is 2. The zero-order valence-electron chi connectivity index (χ0n) is 21.2. The fourth-order valence-corrected chi connectivity index (χ4v) is 4.49. The van der Waals surface area contributed by atoms with Crippen LogP contribution in [0.25, 0.3) is 22.3 Å². The first-order chi connectivity index (χ1) is 18.4. The number of phenols is 2. The summed E-state index contributed by atoms with van der Waals surface area (Å²) in [5.74, 6) is -1.22. The third-order valence-electron chi connectivity index (χ3n) is 5.85. The summed E-state index contributed by atoms with van der Waals surface area (Å²) in [7, 11) is -2.82. The fraction of sp³-hybridized carbons (Fsp3) is 0.348. The number of hydrogen-bond donors (Lipinski definition) is 5. The summed E-state index contributed by atoms with van der Waals surface area (Å²) in [5, 5.41) is 50.2. The molecule has 2 aromatic carbocycles. The molecule has 4 rings (SSSR count). The summed E-state index contributed by atoms with van der Waals surface area (Å²) in [6, 6.07) is 5.87. The summed E-state index contributed by atoms with van der Waals surface area (Å²) >= 11 is 0. The molecule has 17 heteroatoms. The Balaban J connectivity index is 0.00000441. The molecule has 5 atom stereocenters. The SMILES string of the molecule is COc1cc(-c2cc(=O)c3c(O)cc(OC4OC(CO)C(O)C(O)C4OS(=O)(=O)[O-])cc3o2)cc(OC)c1O.[Na+]. The third-order valence-corrected chi connectivity index (χ3v) is 6.31. The van der Waals surface area contributed by atoms with Crippen LogP contribution >= 0.6 is 0 Å². The van der Waals surface area contributed by atoms with Crippen LogP contribution in [0.5, 0.6) is 28.7 Å². The quantitative estimate of drug-likeness (QED) is 0.0969. The van der Waals surface area contributed by atoms with Gasteiger partial charge in [-0.15, -0.1) is 0 Å². The van der Waals surface area contributed by atoms with Crippen molar-refractivity contribution in [1.29, 1.82) is 0 Å². The van der Waals surface area contributed by atoms with Gasteiger partial charge in [0, 0.05) is 23.8 Å². The van der Waals surface area contributed by atoms with Gasteiger partial charge in [-0.1, -0.05) is 0 Å². The average Bonchev–Trinajstić information content (AvgIpc) is 2.87. The molecule has 1 fully saturated rings. The van der Waals surface area contributed by atoms with E-state index in [9.17, 15) is 43.3 Å². The van der Waals surface area contributed by atoms with Gasteiger partial charge < -0.3 is 53.4 Å². The number of rotatable bonds is 8. The molecule has 0 saturated carbocycles. The first-order valence-corrected chi connectivity index (χ1v) is 12.4. The maximum atomic E-state index is 12.8. The molecule has 0 radical (unpaired) electrons. The molecule has 15 nitrogen and oxygen atoms in total. The number of benzene rings is 2. The van der Waals surface area contributed by atoms with E-state index in [0.29, 0.717) is 0 Å². The Morgan fingerprint density at radius 2 is 1.62 bits per heavy atom. The number of ether oxygens (including phenoxy) is 4. The molecule has 1 aliphatic rings. The van der Waals surface area contributed by atoms with E-state index in [1.807, 2.05) is 0 Å². The number of phenolic OH excluding ortho intramolecular Hbond substituents is 2. The number of aromatic hydroxyl groups is 2. The van der Waals surface area contributed by atoms with Crippen LogP contribution in [-0.4, -0.2) is 90.0 Å². The Morgan fingerprint density at radius 1 is 1.00 bits per heavy atom. The molecule has 212 valence electrons. The van der Waals surface area contributed by atoms with Crippen molar-refractivity contribution in [2.45, 2.75) is 30.7 Å². The van der Waals surface area contributed by atoms with Crippen molar-refractivity contribution in [3.63, 3.8) is 0 Å². The minimum atomic E-state index is -5.42. The second-order valence-electron chi connectivity index (χ2n) is 8.31. The van der Waals surface area contributed by atoms with Gasteiger partial charge in [0.2, 0.25) is 22.4 Å². The van der Waals surface area contributed by atoms with Crippen LogP contribution in [0.15, 0.2) is 39.5 Å². The van der Waals surface area contributed by atoms with Crippen molar-refractivity contribution >= 4 is 21.4 Å². The molecule has 0 aliphatic carbocycles. The standard InChI is InChI=1S/C23H24O15S.Na/c1-33-15-3-9(4-16(34-2)19(15)27)13-7-12(26)18-11(25)5-10(6-14(18)36-13)35-23-22(38-39(30,31)32)21(29)20(28)17(8-24)37-23;/h3-7,17,20-25,27-29H,8H2,1-2H3,(H,30,31,32);/q;+1/p-1. The summed E-state index contributed by atoms with van der Waals surface area (Å²) in [6.07, 6.45) is -9.30. The van der Waals surface area contributed by atoms with Crippen molar-refractivity contribution < 1.29 is 95.6 Å². The van der Waals surface area contributed by atoms with Crippen LogP contribution in [0.3, 0.4) is 0 Å². The predicted molar refractivity (Wildman–Crippen MR) is 127 cm³/mol. The van der Waals surface area contributed by atoms with E-state index in [1.54, 1.807) is 0 Å². The smallest absolute Gasteiger partial charge is 0.726 e. The van der Waals surface area contributed by atoms with Crippen LogP contribution in [0, 0.1) is 0 Å². The van der Waals surface area contributed by atoms with Gasteiger partial charge >= 0.3 is 29.6 Å². The van der Waals surface area contributed by atoms with Gasteiger partial charge in [-0.3, -0.25) is 8.98 Å². The van der Waals surface area contributed by atoms with Gasteiger partial charge in [-0.2, -0.15) is 0 Å². The van der Waals surface area contributed by atoms with Crippen LogP contribution in [0.4, 0.5) is 0 Å². The van der Waals surface area contributed by atoms with Crippen molar-refractivity contribution in [1.82, 2.24) is 0 Å². The summed E-state index contributed by atoms with van der Waals surface area (Å²) in [5.41, 5.74) is -0.644. The Morgan fingerprint density at radius 3 is 2.17 bits per heavy atom. The normalized spacial score (nSPS) is 22.9. The van der Waals surface area contributed by atoms with Gasteiger partial charge in [-0.05, 0) is 12.1 Å². The Labute approximate surface area is 248 Å². The number of hydrogen-bond acceptors (Lipinski definition) is 15. The molecule has 5 unspecified atom stereocenters. The molecule has 5 N–H and O–H groups in total. The Hall–Kier alpha value is -2.64. The summed E-state index contributed by atoms with van der Waals surface area (Å²) in [6.45, 7) is -0.824. The number of aliphatic hydroxyl groups is 3. The van der Waals surface area contributed by atoms with Crippen LogP contribution in [-0.2, 0) is 19.3 Å². The van der Waals surface area contributed by atoms with E-state index >= 15 is 0 Å². The van der Waals surface area contributed by atoms with Crippen LogP contribution in [0.1, 0.15) is 0 Å². The maximum Gasteiger partial charge on any atom is 1.00 e. The largest absolute Gasteiger partial charge is 1.00 e. The first kappa shape index (κ1) is 31.9. The van der Waals surface area contributed by atoms with E-state index in [2.05, 4.69) is 4.18 Å². The average molecular weight is 594 g/mol. The summed E-state index contributed by atoms with van der Waals surface area (Å²) < 4.78 is 64.7. The van der Waals surface area contributed by atoms with Gasteiger partial charge in [0.25, 0.3) is 0 Å². The number of fused-ring (bicyclic) bond motifs is 1. The van der Waals surface area contributed by atoms with Crippen molar-refractivity contribution in [2.75, 3.05) is 20.8 Å². The monoisotopic (exact) mass is 594 g/mol. The molecule has 0 bridgehead atoms. The van der Waals surface area contributed by atoms with E-state index in [-0.39, 0.29) is 74.8 Å². The van der Waals surface area contributed by atoms with Gasteiger partial charge in [0.1, 0.15) is 46.5 Å². The zero-order chi connectivity index (χ0) is 28.6. The predicted octanol–water partition coefficient (Wildman–Crippen LogP) is -3.44. The molecule has 2 heterocycles. The molecular formula is C23H23NaO15S. The second kappa shape index (κ2) is 12.5. The molecule has 3 aromatic rings. The third kappa shape index (κ3) is 6.46. The van der Waals surface area contributed by atoms with Crippen LogP contribution < -0.4 is 49.2 Å². The van der Waals surface area contributed by atoms with Crippen molar-refractivity contribution in [3.05, 3.63) is 40.6 Å². The Kier molecular flexibility index (Phi) is 9.95. The molecule has 40 heavy (non-hydrogen) atoms. The Bertz CT molecular complexity index is 1510. The van der Waals surface area contributed by atoms with Crippen molar-refractivity contribution in [3.8, 4) is 40.1 Å². The molecular weight excluding hydrogens is 571 g/mol.